The van der Waals surface area contributed by atoms with Crippen LogP contribution < -0.4 is 0 Å². The monoisotopic (exact) mass is 225 g/mol. The number of nitrogens with zero attached hydrogens (tertiary/aromatic N) is 1. The van der Waals surface area contributed by atoms with Gasteiger partial charge >= 0.3 is 0 Å². The van der Waals surface area contributed by atoms with Gasteiger partial charge in [0, 0.05) is 15.5 Å². The number of rotatable bonds is 5. The van der Waals surface area contributed by atoms with Gasteiger partial charge in [0.2, 0.25) is 0 Å². The van der Waals surface area contributed by atoms with Crippen molar-refractivity contribution >= 4 is 23.1 Å². The molecule has 3 heteroatoms. The average molecular weight is 225 g/mol. The molecule has 1 atom stereocenters. The van der Waals surface area contributed by atoms with E-state index in [2.05, 4.69) is 31.4 Å². The summed E-state index contributed by atoms with van der Waals surface area (Å²) in [5.74, 6) is 1.54. The second-order valence-corrected chi connectivity index (χ2v) is 5.37. The molecule has 0 amide bonds. The van der Waals surface area contributed by atoms with Gasteiger partial charge in [-0.3, -0.25) is 0 Å². The fourth-order valence-electron chi connectivity index (χ4n) is 1.27. The first kappa shape index (κ1) is 11.6. The average Bonchev–Trinajstić information content (AvgIpc) is 2.66. The van der Waals surface area contributed by atoms with Gasteiger partial charge in [-0.15, -0.1) is 11.3 Å². The van der Waals surface area contributed by atoms with Crippen molar-refractivity contribution in [2.75, 3.05) is 5.75 Å². The molecule has 0 fully saturated rings. The molecule has 0 saturated heterocycles. The molecule has 14 heavy (non-hydrogen) atoms. The molecule has 0 aliphatic heterocycles. The molecule has 0 saturated carbocycles. The van der Waals surface area contributed by atoms with Crippen LogP contribution in [-0.4, -0.2) is 5.75 Å². The molecule has 0 aromatic carbocycles. The molecular weight excluding hydrogens is 210 g/mol. The Hall–Kier alpha value is -0.460. The van der Waals surface area contributed by atoms with Crippen LogP contribution in [0, 0.1) is 10.7 Å². The number of thioether (sulfide) groups is 1. The smallest absolute Gasteiger partial charge is 0.133 e. The van der Waals surface area contributed by atoms with E-state index in [1.165, 1.54) is 21.5 Å². The van der Waals surface area contributed by atoms with Gasteiger partial charge in [-0.25, -0.2) is 0 Å². The Morgan fingerprint density at radius 3 is 2.93 bits per heavy atom. The summed E-state index contributed by atoms with van der Waals surface area (Å²) in [5, 5.41) is 10.5. The summed E-state index contributed by atoms with van der Waals surface area (Å²) >= 11 is 3.26. The molecule has 0 bridgehead atoms. The Labute approximate surface area is 94.1 Å². The van der Waals surface area contributed by atoms with Crippen LogP contribution in [0.1, 0.15) is 35.9 Å². The highest BCUT2D eigenvalue weighted by molar-refractivity contribution is 8.03. The van der Waals surface area contributed by atoms with Gasteiger partial charge in [-0.05, 0) is 42.7 Å². The van der Waals surface area contributed by atoms with E-state index in [0.717, 1.165) is 18.6 Å². The Kier molecular flexibility index (Phi) is 5.06. The Bertz CT molecular complexity index is 311. The maximum absolute atomic E-state index is 8.41. The highest BCUT2D eigenvalue weighted by Gasteiger charge is 2.07. The predicted octanol–water partition coefficient (Wildman–Crippen LogP) is 4.02. The minimum Gasteiger partial charge on any atom is -0.185 e. The summed E-state index contributed by atoms with van der Waals surface area (Å²) in [4.78, 5) is 2.92. The summed E-state index contributed by atoms with van der Waals surface area (Å²) in [6, 6.07) is 4.44. The normalized spacial score (nSPS) is 12.4. The molecule has 0 N–H and O–H groups in total. The zero-order valence-corrected chi connectivity index (χ0v) is 10.3. The third-order valence-corrected chi connectivity index (χ3v) is 4.26. The Morgan fingerprint density at radius 1 is 1.57 bits per heavy atom. The van der Waals surface area contributed by atoms with Crippen LogP contribution in [0.25, 0.3) is 0 Å². The minimum atomic E-state index is 0.598. The number of hydrogen-bond acceptors (Lipinski definition) is 3. The lowest BCUT2D eigenvalue weighted by atomic mass is 10.1. The second kappa shape index (κ2) is 6.10. The summed E-state index contributed by atoms with van der Waals surface area (Å²) in [5.41, 5.74) is 0. The standard InChI is InChI=1S/C11H15NS2/c1-3-10-4-5-11(14-10)9(2)6-7-13-8-12/h4-5,9H,3,6-7H2,1-2H3. The molecule has 1 nitrogen and oxygen atoms in total. The molecule has 0 radical (unpaired) electrons. The van der Waals surface area contributed by atoms with E-state index >= 15 is 0 Å². The highest BCUT2D eigenvalue weighted by Crippen LogP contribution is 2.28. The predicted molar refractivity (Wildman–Crippen MR) is 64.8 cm³/mol. The van der Waals surface area contributed by atoms with Crippen LogP contribution in [0.15, 0.2) is 12.1 Å². The van der Waals surface area contributed by atoms with E-state index in [9.17, 15) is 0 Å². The number of thiocyanates is 1. The van der Waals surface area contributed by atoms with E-state index in [-0.39, 0.29) is 0 Å². The van der Waals surface area contributed by atoms with Crippen LogP contribution in [0.4, 0.5) is 0 Å². The first-order valence-electron chi connectivity index (χ1n) is 4.87. The fourth-order valence-corrected chi connectivity index (χ4v) is 2.87. The summed E-state index contributed by atoms with van der Waals surface area (Å²) in [6.07, 6.45) is 2.23. The molecule has 0 aliphatic rings. The molecule has 76 valence electrons. The minimum absolute atomic E-state index is 0.598. The topological polar surface area (TPSA) is 23.8 Å². The first-order chi connectivity index (χ1) is 6.77. The van der Waals surface area contributed by atoms with Gasteiger partial charge in [0.05, 0.1) is 0 Å². The van der Waals surface area contributed by atoms with Crippen molar-refractivity contribution in [2.24, 2.45) is 0 Å². The number of nitriles is 1. The second-order valence-electron chi connectivity index (χ2n) is 3.29. The largest absolute Gasteiger partial charge is 0.185 e. The maximum atomic E-state index is 8.41. The maximum Gasteiger partial charge on any atom is 0.133 e. The third kappa shape index (κ3) is 3.36. The van der Waals surface area contributed by atoms with Gasteiger partial charge in [-0.2, -0.15) is 5.26 Å². The van der Waals surface area contributed by atoms with Gasteiger partial charge in [-0.1, -0.05) is 13.8 Å². The zero-order valence-electron chi connectivity index (χ0n) is 8.62. The van der Waals surface area contributed by atoms with Crippen molar-refractivity contribution in [2.45, 2.75) is 32.6 Å². The first-order valence-corrected chi connectivity index (χ1v) is 6.67. The molecule has 0 aliphatic carbocycles. The van der Waals surface area contributed by atoms with E-state index < -0.39 is 0 Å². The Morgan fingerprint density at radius 2 is 2.36 bits per heavy atom. The van der Waals surface area contributed by atoms with E-state index in [4.69, 9.17) is 5.26 Å². The van der Waals surface area contributed by atoms with E-state index in [1.54, 1.807) is 0 Å². The van der Waals surface area contributed by atoms with Gasteiger partial charge in [0.15, 0.2) is 0 Å². The lowest BCUT2D eigenvalue weighted by Crippen LogP contribution is -1.91. The van der Waals surface area contributed by atoms with E-state index in [0.29, 0.717) is 5.92 Å². The van der Waals surface area contributed by atoms with Gasteiger partial charge < -0.3 is 0 Å². The quantitative estimate of drug-likeness (QED) is 0.558. The van der Waals surface area contributed by atoms with Crippen LogP contribution in [-0.2, 0) is 6.42 Å². The highest BCUT2D eigenvalue weighted by atomic mass is 32.2. The van der Waals surface area contributed by atoms with Crippen LogP contribution in [0.3, 0.4) is 0 Å². The summed E-state index contributed by atoms with van der Waals surface area (Å²) in [6.45, 7) is 4.43. The fraction of sp³-hybridized carbons (Fsp3) is 0.545. The molecule has 0 spiro atoms. The van der Waals surface area contributed by atoms with Crippen molar-refractivity contribution < 1.29 is 0 Å². The molecule has 1 aromatic heterocycles. The molecule has 1 unspecified atom stereocenters. The van der Waals surface area contributed by atoms with Crippen LogP contribution >= 0.6 is 23.1 Å². The van der Waals surface area contributed by atoms with Crippen molar-refractivity contribution in [3.8, 4) is 5.40 Å². The molecule has 1 heterocycles. The van der Waals surface area contributed by atoms with Crippen molar-refractivity contribution in [1.82, 2.24) is 0 Å². The Balaban J connectivity index is 2.44. The lowest BCUT2D eigenvalue weighted by Gasteiger charge is -2.06. The number of aryl methyl sites for hydroxylation is 1. The van der Waals surface area contributed by atoms with Gasteiger partial charge in [0.1, 0.15) is 5.40 Å². The van der Waals surface area contributed by atoms with Crippen molar-refractivity contribution in [3.05, 3.63) is 21.9 Å². The lowest BCUT2D eigenvalue weighted by molar-refractivity contribution is 0.756. The van der Waals surface area contributed by atoms with Crippen LogP contribution in [0.2, 0.25) is 0 Å². The summed E-state index contributed by atoms with van der Waals surface area (Å²) in [7, 11) is 0. The third-order valence-electron chi connectivity index (χ3n) is 2.23. The van der Waals surface area contributed by atoms with Crippen molar-refractivity contribution in [1.29, 1.82) is 5.26 Å². The zero-order chi connectivity index (χ0) is 10.4. The number of thiophene rings is 1. The molecular formula is C11H15NS2. The van der Waals surface area contributed by atoms with E-state index in [1.807, 2.05) is 11.3 Å². The summed E-state index contributed by atoms with van der Waals surface area (Å²) < 4.78 is 0. The van der Waals surface area contributed by atoms with Crippen molar-refractivity contribution in [3.63, 3.8) is 0 Å². The number of hydrogen-bond donors (Lipinski definition) is 0. The molecule has 1 aromatic rings. The van der Waals surface area contributed by atoms with Crippen LogP contribution in [0.5, 0.6) is 0 Å². The van der Waals surface area contributed by atoms with Gasteiger partial charge in [0.25, 0.3) is 0 Å². The SMILES string of the molecule is CCc1ccc(C(C)CCSC#N)s1. The molecule has 1 rings (SSSR count).